The molecule has 0 aliphatic rings. The van der Waals surface area contributed by atoms with Gasteiger partial charge in [0.1, 0.15) is 0 Å². The fourth-order valence-electron chi connectivity index (χ4n) is 1.98. The summed E-state index contributed by atoms with van der Waals surface area (Å²) < 4.78 is 27.5. The predicted molar refractivity (Wildman–Crippen MR) is 98.8 cm³/mol. The van der Waals surface area contributed by atoms with Gasteiger partial charge >= 0.3 is 0 Å². The maximum absolute atomic E-state index is 12.1. The van der Waals surface area contributed by atoms with Gasteiger partial charge in [0.25, 0.3) is 0 Å². The Labute approximate surface area is 154 Å². The lowest BCUT2D eigenvalue weighted by Crippen LogP contribution is -2.27. The molecule has 0 radical (unpaired) electrons. The van der Waals surface area contributed by atoms with Crippen LogP contribution in [-0.2, 0) is 14.8 Å². The number of hydrogen-bond acceptors (Lipinski definition) is 3. The summed E-state index contributed by atoms with van der Waals surface area (Å²) in [5.74, 6) is -0.265. The molecule has 128 valence electrons. The zero-order valence-electron chi connectivity index (χ0n) is 12.8. The van der Waals surface area contributed by atoms with Crippen LogP contribution in [0.5, 0.6) is 0 Å². The van der Waals surface area contributed by atoms with Crippen molar-refractivity contribution in [1.29, 1.82) is 0 Å². The van der Waals surface area contributed by atoms with E-state index >= 15 is 0 Å². The minimum atomic E-state index is -3.65. The molecular weight excluding hydrogens is 416 g/mol. The van der Waals surface area contributed by atoms with Crippen LogP contribution in [0.4, 0.5) is 5.69 Å². The molecule has 1 amide bonds. The van der Waals surface area contributed by atoms with E-state index in [0.29, 0.717) is 10.7 Å². The van der Waals surface area contributed by atoms with Crippen LogP contribution in [0.3, 0.4) is 0 Å². The lowest BCUT2D eigenvalue weighted by molar-refractivity contribution is -0.116. The molecule has 0 unspecified atom stereocenters. The number of carbonyl (C=O) groups is 1. The van der Waals surface area contributed by atoms with E-state index in [4.69, 9.17) is 11.6 Å². The SMILES string of the molecule is Cc1cc(Br)ccc1NC(=O)CCNS(=O)(=O)c1ccc(Cl)cc1. The van der Waals surface area contributed by atoms with Gasteiger partial charge in [-0.2, -0.15) is 0 Å². The highest BCUT2D eigenvalue weighted by Crippen LogP contribution is 2.20. The lowest BCUT2D eigenvalue weighted by Gasteiger charge is -2.10. The van der Waals surface area contributed by atoms with Crippen LogP contribution in [0, 0.1) is 6.92 Å². The Morgan fingerprint density at radius 2 is 1.83 bits per heavy atom. The molecule has 2 N–H and O–H groups in total. The van der Waals surface area contributed by atoms with E-state index < -0.39 is 10.0 Å². The van der Waals surface area contributed by atoms with Crippen LogP contribution in [-0.4, -0.2) is 20.9 Å². The van der Waals surface area contributed by atoms with Gasteiger partial charge in [-0.05, 0) is 55.0 Å². The Morgan fingerprint density at radius 1 is 1.17 bits per heavy atom. The minimum Gasteiger partial charge on any atom is -0.326 e. The van der Waals surface area contributed by atoms with Crippen molar-refractivity contribution in [3.8, 4) is 0 Å². The Kier molecular flexibility index (Phi) is 6.40. The quantitative estimate of drug-likeness (QED) is 0.732. The zero-order chi connectivity index (χ0) is 17.7. The van der Waals surface area contributed by atoms with Crippen molar-refractivity contribution in [1.82, 2.24) is 4.72 Å². The highest BCUT2D eigenvalue weighted by Gasteiger charge is 2.14. The van der Waals surface area contributed by atoms with Gasteiger partial charge < -0.3 is 5.32 Å². The van der Waals surface area contributed by atoms with Gasteiger partial charge in [0.05, 0.1) is 4.90 Å². The fourth-order valence-corrected chi connectivity index (χ4v) is 3.61. The van der Waals surface area contributed by atoms with E-state index in [-0.39, 0.29) is 23.8 Å². The van der Waals surface area contributed by atoms with Crippen molar-refractivity contribution in [2.24, 2.45) is 0 Å². The normalized spacial score (nSPS) is 11.3. The smallest absolute Gasteiger partial charge is 0.240 e. The Hall–Kier alpha value is -1.41. The molecule has 0 spiro atoms. The molecule has 0 saturated carbocycles. The third-order valence-electron chi connectivity index (χ3n) is 3.23. The average Bonchev–Trinajstić information content (AvgIpc) is 2.50. The predicted octanol–water partition coefficient (Wildman–Crippen LogP) is 3.72. The second-order valence-electron chi connectivity index (χ2n) is 5.11. The number of anilines is 1. The Balaban J connectivity index is 1.89. The third kappa shape index (κ3) is 5.31. The monoisotopic (exact) mass is 430 g/mol. The summed E-state index contributed by atoms with van der Waals surface area (Å²) in [4.78, 5) is 12.0. The second kappa shape index (κ2) is 8.11. The molecule has 2 aromatic carbocycles. The second-order valence-corrected chi connectivity index (χ2v) is 8.23. The van der Waals surface area contributed by atoms with Crippen LogP contribution in [0.2, 0.25) is 5.02 Å². The van der Waals surface area contributed by atoms with E-state index in [1.807, 2.05) is 19.1 Å². The molecule has 2 rings (SSSR count). The summed E-state index contributed by atoms with van der Waals surface area (Å²) in [7, 11) is -3.65. The standard InChI is InChI=1S/C16H16BrClN2O3S/c1-11-10-12(17)2-7-15(11)20-16(21)8-9-19-24(22,23)14-5-3-13(18)4-6-14/h2-7,10,19H,8-9H2,1H3,(H,20,21). The first-order valence-corrected chi connectivity index (χ1v) is 9.74. The van der Waals surface area contributed by atoms with E-state index in [1.165, 1.54) is 24.3 Å². The van der Waals surface area contributed by atoms with Crippen LogP contribution in [0.25, 0.3) is 0 Å². The van der Waals surface area contributed by atoms with E-state index in [9.17, 15) is 13.2 Å². The summed E-state index contributed by atoms with van der Waals surface area (Å²) >= 11 is 9.09. The van der Waals surface area contributed by atoms with Crippen molar-refractivity contribution in [3.63, 3.8) is 0 Å². The molecule has 0 heterocycles. The van der Waals surface area contributed by atoms with Gasteiger partial charge in [-0.25, -0.2) is 13.1 Å². The summed E-state index contributed by atoms with van der Waals surface area (Å²) in [5.41, 5.74) is 1.61. The van der Waals surface area contributed by atoms with E-state index in [1.54, 1.807) is 6.07 Å². The molecule has 0 bridgehead atoms. The first kappa shape index (κ1) is 18.9. The molecule has 0 aromatic heterocycles. The molecule has 0 aliphatic carbocycles. The molecule has 24 heavy (non-hydrogen) atoms. The summed E-state index contributed by atoms with van der Waals surface area (Å²) in [6, 6.07) is 11.3. The van der Waals surface area contributed by atoms with Gasteiger partial charge in [-0.15, -0.1) is 0 Å². The molecule has 0 saturated heterocycles. The number of carbonyl (C=O) groups excluding carboxylic acids is 1. The van der Waals surface area contributed by atoms with Crippen molar-refractivity contribution in [2.45, 2.75) is 18.2 Å². The number of halogens is 2. The summed E-state index contributed by atoms with van der Waals surface area (Å²) in [6.07, 6.45) is 0.0301. The van der Waals surface area contributed by atoms with Gasteiger partial charge in [0, 0.05) is 28.1 Å². The number of aryl methyl sites for hydroxylation is 1. The molecule has 0 fully saturated rings. The number of benzene rings is 2. The first-order chi connectivity index (χ1) is 11.3. The lowest BCUT2D eigenvalue weighted by atomic mass is 10.2. The Bertz CT molecular complexity index is 839. The van der Waals surface area contributed by atoms with Crippen molar-refractivity contribution >= 4 is 49.1 Å². The third-order valence-corrected chi connectivity index (χ3v) is 5.45. The number of nitrogens with one attached hydrogen (secondary N) is 2. The van der Waals surface area contributed by atoms with Gasteiger partial charge in [-0.3, -0.25) is 4.79 Å². The van der Waals surface area contributed by atoms with Gasteiger partial charge in [0.2, 0.25) is 15.9 Å². The molecule has 0 aliphatic heterocycles. The average molecular weight is 432 g/mol. The summed E-state index contributed by atoms with van der Waals surface area (Å²) in [5, 5.41) is 3.22. The van der Waals surface area contributed by atoms with Crippen LogP contribution in [0.15, 0.2) is 51.8 Å². The van der Waals surface area contributed by atoms with Crippen LogP contribution in [0.1, 0.15) is 12.0 Å². The van der Waals surface area contributed by atoms with E-state index in [2.05, 4.69) is 26.0 Å². The van der Waals surface area contributed by atoms with Crippen LogP contribution >= 0.6 is 27.5 Å². The maximum Gasteiger partial charge on any atom is 0.240 e. The molecule has 8 heteroatoms. The number of hydrogen-bond donors (Lipinski definition) is 2. The van der Waals surface area contributed by atoms with Gasteiger partial charge in [0.15, 0.2) is 0 Å². The molecule has 2 aromatic rings. The van der Waals surface area contributed by atoms with E-state index in [0.717, 1.165) is 10.0 Å². The molecule has 5 nitrogen and oxygen atoms in total. The fraction of sp³-hybridized carbons (Fsp3) is 0.188. The molecular formula is C16H16BrClN2O3S. The zero-order valence-corrected chi connectivity index (χ0v) is 16.0. The Morgan fingerprint density at radius 3 is 2.46 bits per heavy atom. The van der Waals surface area contributed by atoms with Gasteiger partial charge in [-0.1, -0.05) is 27.5 Å². The van der Waals surface area contributed by atoms with Crippen molar-refractivity contribution in [2.75, 3.05) is 11.9 Å². The first-order valence-electron chi connectivity index (χ1n) is 7.09. The van der Waals surface area contributed by atoms with Crippen molar-refractivity contribution in [3.05, 3.63) is 57.5 Å². The van der Waals surface area contributed by atoms with Crippen LogP contribution < -0.4 is 10.0 Å². The number of amides is 1. The highest BCUT2D eigenvalue weighted by atomic mass is 79.9. The summed E-state index contributed by atoms with van der Waals surface area (Å²) in [6.45, 7) is 1.88. The topological polar surface area (TPSA) is 75.3 Å². The minimum absolute atomic E-state index is 0.00632. The van der Waals surface area contributed by atoms with Crippen molar-refractivity contribution < 1.29 is 13.2 Å². The number of sulfonamides is 1. The largest absolute Gasteiger partial charge is 0.326 e. The highest BCUT2D eigenvalue weighted by molar-refractivity contribution is 9.10. The maximum atomic E-state index is 12.1. The number of rotatable bonds is 6. The molecule has 0 atom stereocenters.